The van der Waals surface area contributed by atoms with Crippen molar-refractivity contribution in [3.63, 3.8) is 0 Å². The van der Waals surface area contributed by atoms with E-state index < -0.39 is 18.2 Å². The van der Waals surface area contributed by atoms with Crippen molar-refractivity contribution >= 4 is 11.9 Å². The number of hydrogen-bond acceptors (Lipinski definition) is 5. The number of esters is 1. The molecule has 0 saturated heterocycles. The molecule has 336 valence electrons. The van der Waals surface area contributed by atoms with E-state index in [0.717, 1.165) is 77.0 Å². The summed E-state index contributed by atoms with van der Waals surface area (Å²) in [7, 11) is 0. The standard InChI is InChI=1S/C52H93NO5/c1-4-7-10-13-16-19-22-24-25-27-29-31-34-37-40-43-48(58-52(57)45-42-39-36-33-30-26-23-20-17-14-11-8-5-2)46-51(56)53-49(47-54)50(55)44-41-38-35-32-28-21-18-15-12-9-6-3/h8,11,14,17,20,23-26,30,48-50,54-55H,4-7,9-10,12-13,15-16,18-19,21-22,27-29,31-47H2,1-3H3,(H,53,56)/b11-8+,17-14+,23-20-,25-24+,30-26-. The summed E-state index contributed by atoms with van der Waals surface area (Å²) in [6.07, 6.45) is 55.6. The Kier molecular flexibility index (Phi) is 43.7. The normalized spacial score (nSPS) is 13.8. The first-order chi connectivity index (χ1) is 28.5. The molecule has 0 saturated carbocycles. The SMILES string of the molecule is CC/C=C/C=C/C=C\C=C/CCCCCC(=O)OC(CCCCCCC/C=C/CCCCCCCC)CC(=O)NC(CO)C(O)CCCCCCCCCCCCC. The van der Waals surface area contributed by atoms with Crippen LogP contribution in [0, 0.1) is 0 Å². The predicted octanol–water partition coefficient (Wildman–Crippen LogP) is 14.5. The first-order valence-corrected chi connectivity index (χ1v) is 24.6. The summed E-state index contributed by atoms with van der Waals surface area (Å²) < 4.78 is 5.90. The van der Waals surface area contributed by atoms with E-state index in [-0.39, 0.29) is 24.9 Å². The van der Waals surface area contributed by atoms with Crippen molar-refractivity contribution in [2.75, 3.05) is 6.61 Å². The van der Waals surface area contributed by atoms with Crippen LogP contribution in [-0.2, 0) is 14.3 Å². The van der Waals surface area contributed by atoms with E-state index in [9.17, 15) is 19.8 Å². The fraction of sp³-hybridized carbons (Fsp3) is 0.769. The average molecular weight is 812 g/mol. The molecule has 1 amide bonds. The van der Waals surface area contributed by atoms with Crippen LogP contribution in [0.25, 0.3) is 0 Å². The highest BCUT2D eigenvalue weighted by Gasteiger charge is 2.24. The van der Waals surface area contributed by atoms with Gasteiger partial charge in [-0.3, -0.25) is 9.59 Å². The van der Waals surface area contributed by atoms with Gasteiger partial charge in [0.25, 0.3) is 0 Å². The van der Waals surface area contributed by atoms with Crippen molar-refractivity contribution in [3.05, 3.63) is 60.8 Å². The molecule has 0 aromatic heterocycles. The van der Waals surface area contributed by atoms with Gasteiger partial charge in [0.15, 0.2) is 0 Å². The molecule has 3 unspecified atom stereocenters. The molecular weight excluding hydrogens is 719 g/mol. The molecule has 0 fully saturated rings. The molecule has 6 heteroatoms. The van der Waals surface area contributed by atoms with Crippen LogP contribution in [0.4, 0.5) is 0 Å². The van der Waals surface area contributed by atoms with E-state index in [2.05, 4.69) is 62.5 Å². The highest BCUT2D eigenvalue weighted by molar-refractivity contribution is 5.77. The summed E-state index contributed by atoms with van der Waals surface area (Å²) in [6.45, 7) is 6.32. The molecule has 0 aliphatic heterocycles. The lowest BCUT2D eigenvalue weighted by Crippen LogP contribution is -2.46. The Bertz CT molecular complexity index is 1050. The number of aliphatic hydroxyl groups is 2. The topological polar surface area (TPSA) is 95.9 Å². The molecule has 3 N–H and O–H groups in total. The lowest BCUT2D eigenvalue weighted by atomic mass is 10.0. The van der Waals surface area contributed by atoms with E-state index in [1.807, 2.05) is 24.3 Å². The van der Waals surface area contributed by atoms with Gasteiger partial charge >= 0.3 is 5.97 Å². The average Bonchev–Trinajstić information content (AvgIpc) is 3.22. The number of hydrogen-bond donors (Lipinski definition) is 3. The van der Waals surface area contributed by atoms with Gasteiger partial charge < -0.3 is 20.3 Å². The van der Waals surface area contributed by atoms with Crippen LogP contribution in [0.5, 0.6) is 0 Å². The molecule has 0 aliphatic rings. The molecular formula is C52H93NO5. The lowest BCUT2D eigenvalue weighted by Gasteiger charge is -2.24. The molecule has 58 heavy (non-hydrogen) atoms. The number of ether oxygens (including phenoxy) is 1. The molecule has 0 bridgehead atoms. The zero-order valence-corrected chi connectivity index (χ0v) is 38.2. The Hall–Kier alpha value is -2.44. The van der Waals surface area contributed by atoms with Crippen molar-refractivity contribution in [3.8, 4) is 0 Å². The van der Waals surface area contributed by atoms with Crippen molar-refractivity contribution in [1.82, 2.24) is 5.32 Å². The van der Waals surface area contributed by atoms with Crippen molar-refractivity contribution in [2.24, 2.45) is 0 Å². The number of nitrogens with one attached hydrogen (secondary N) is 1. The van der Waals surface area contributed by atoms with Crippen LogP contribution in [0.3, 0.4) is 0 Å². The van der Waals surface area contributed by atoms with Gasteiger partial charge in [0.1, 0.15) is 6.10 Å². The van der Waals surface area contributed by atoms with Crippen molar-refractivity contribution < 1.29 is 24.5 Å². The number of carbonyl (C=O) groups excluding carboxylic acids is 2. The molecule has 0 aromatic rings. The van der Waals surface area contributed by atoms with Gasteiger partial charge in [0.05, 0.1) is 25.2 Å². The Morgan fingerprint density at radius 3 is 1.47 bits per heavy atom. The predicted molar refractivity (Wildman–Crippen MR) is 250 cm³/mol. The van der Waals surface area contributed by atoms with Crippen LogP contribution in [0.15, 0.2) is 60.8 Å². The molecule has 6 nitrogen and oxygen atoms in total. The number of unbranched alkanes of at least 4 members (excludes halogenated alkanes) is 24. The molecule has 0 aromatic carbocycles. The number of amides is 1. The zero-order valence-electron chi connectivity index (χ0n) is 38.2. The Morgan fingerprint density at radius 1 is 0.517 bits per heavy atom. The van der Waals surface area contributed by atoms with Crippen LogP contribution < -0.4 is 5.32 Å². The number of rotatable bonds is 43. The third kappa shape index (κ3) is 40.3. The first-order valence-electron chi connectivity index (χ1n) is 24.6. The van der Waals surface area contributed by atoms with Crippen LogP contribution >= 0.6 is 0 Å². The van der Waals surface area contributed by atoms with Crippen LogP contribution in [-0.4, -0.2) is 46.9 Å². The van der Waals surface area contributed by atoms with Gasteiger partial charge in [-0.2, -0.15) is 0 Å². The van der Waals surface area contributed by atoms with E-state index in [4.69, 9.17) is 4.74 Å². The Morgan fingerprint density at radius 2 is 0.948 bits per heavy atom. The number of allylic oxidation sites excluding steroid dienone is 10. The fourth-order valence-corrected chi connectivity index (χ4v) is 7.20. The maximum atomic E-state index is 13.2. The number of aliphatic hydroxyl groups excluding tert-OH is 2. The molecule has 3 atom stereocenters. The minimum Gasteiger partial charge on any atom is -0.462 e. The first kappa shape index (κ1) is 55.6. The van der Waals surface area contributed by atoms with E-state index in [1.165, 1.54) is 109 Å². The van der Waals surface area contributed by atoms with Gasteiger partial charge in [0, 0.05) is 6.42 Å². The summed E-state index contributed by atoms with van der Waals surface area (Å²) in [4.78, 5) is 26.1. The maximum absolute atomic E-state index is 13.2. The summed E-state index contributed by atoms with van der Waals surface area (Å²) in [6, 6.07) is -0.712. The third-order valence-corrected chi connectivity index (χ3v) is 10.9. The second-order valence-corrected chi connectivity index (χ2v) is 16.6. The van der Waals surface area contributed by atoms with Crippen LogP contribution in [0.1, 0.15) is 233 Å². The van der Waals surface area contributed by atoms with Gasteiger partial charge in [0.2, 0.25) is 5.91 Å². The second-order valence-electron chi connectivity index (χ2n) is 16.6. The molecule has 0 spiro atoms. The van der Waals surface area contributed by atoms with Crippen molar-refractivity contribution in [1.29, 1.82) is 0 Å². The minimum atomic E-state index is -0.797. The third-order valence-electron chi connectivity index (χ3n) is 10.9. The molecule has 0 aliphatic carbocycles. The van der Waals surface area contributed by atoms with Gasteiger partial charge in [-0.15, -0.1) is 0 Å². The lowest BCUT2D eigenvalue weighted by molar-refractivity contribution is -0.151. The monoisotopic (exact) mass is 812 g/mol. The van der Waals surface area contributed by atoms with Crippen molar-refractivity contribution in [2.45, 2.75) is 251 Å². The van der Waals surface area contributed by atoms with E-state index in [1.54, 1.807) is 0 Å². The van der Waals surface area contributed by atoms with Gasteiger partial charge in [-0.25, -0.2) is 0 Å². The smallest absolute Gasteiger partial charge is 0.306 e. The highest BCUT2D eigenvalue weighted by Crippen LogP contribution is 2.17. The quantitative estimate of drug-likeness (QED) is 0.0247. The summed E-state index contributed by atoms with van der Waals surface area (Å²) in [5.74, 6) is -0.528. The van der Waals surface area contributed by atoms with Gasteiger partial charge in [-0.1, -0.05) is 210 Å². The maximum Gasteiger partial charge on any atom is 0.306 e. The Labute approximate surface area is 358 Å². The summed E-state index contributed by atoms with van der Waals surface area (Å²) in [5.41, 5.74) is 0. The summed E-state index contributed by atoms with van der Waals surface area (Å²) >= 11 is 0. The van der Waals surface area contributed by atoms with Crippen LogP contribution in [0.2, 0.25) is 0 Å². The van der Waals surface area contributed by atoms with Gasteiger partial charge in [-0.05, 0) is 70.6 Å². The second kappa shape index (κ2) is 45.6. The minimum absolute atomic E-state index is 0.0548. The fourth-order valence-electron chi connectivity index (χ4n) is 7.20. The Balaban J connectivity index is 4.68. The van der Waals surface area contributed by atoms with E-state index in [0.29, 0.717) is 19.3 Å². The molecule has 0 radical (unpaired) electrons. The zero-order chi connectivity index (χ0) is 42.4. The highest BCUT2D eigenvalue weighted by atomic mass is 16.5. The summed E-state index contributed by atoms with van der Waals surface area (Å²) in [5, 5.41) is 23.7. The van der Waals surface area contributed by atoms with E-state index >= 15 is 0 Å². The molecule has 0 rings (SSSR count). The number of carbonyl (C=O) groups is 2. The largest absolute Gasteiger partial charge is 0.462 e. The molecule has 0 heterocycles.